The van der Waals surface area contributed by atoms with Gasteiger partial charge in [-0.25, -0.2) is 9.07 Å². The fourth-order valence-electron chi connectivity index (χ4n) is 1.46. The summed E-state index contributed by atoms with van der Waals surface area (Å²) in [5.74, 6) is -0.349. The van der Waals surface area contributed by atoms with Gasteiger partial charge >= 0.3 is 0 Å². The molecule has 0 fully saturated rings. The van der Waals surface area contributed by atoms with Crippen LogP contribution in [0, 0.1) is 5.82 Å². The van der Waals surface area contributed by atoms with Gasteiger partial charge in [0.1, 0.15) is 5.82 Å². The lowest BCUT2D eigenvalue weighted by atomic mass is 10.3. The quantitative estimate of drug-likeness (QED) is 0.855. The largest absolute Gasteiger partial charge is 0.325 e. The van der Waals surface area contributed by atoms with Crippen molar-refractivity contribution in [2.24, 2.45) is 0 Å². The van der Waals surface area contributed by atoms with Gasteiger partial charge in [-0.15, -0.1) is 5.10 Å². The fraction of sp³-hybridized carbons (Fsp3) is 0.333. The number of aromatic nitrogens is 4. The van der Waals surface area contributed by atoms with Gasteiger partial charge in [0.2, 0.25) is 11.1 Å². The summed E-state index contributed by atoms with van der Waals surface area (Å²) >= 11 is 1.25. The smallest absolute Gasteiger partial charge is 0.234 e. The Hall–Kier alpha value is -1.96. The number of halogens is 1. The van der Waals surface area contributed by atoms with E-state index in [1.54, 1.807) is 4.68 Å². The highest BCUT2D eigenvalue weighted by Gasteiger charge is 2.12. The van der Waals surface area contributed by atoms with Crippen LogP contribution in [0.1, 0.15) is 19.9 Å². The van der Waals surface area contributed by atoms with Crippen LogP contribution in [-0.4, -0.2) is 31.9 Å². The van der Waals surface area contributed by atoms with Gasteiger partial charge in [-0.1, -0.05) is 11.8 Å². The Labute approximate surface area is 119 Å². The summed E-state index contributed by atoms with van der Waals surface area (Å²) < 4.78 is 14.4. The number of nitrogens with zero attached hydrogens (tertiary/aromatic N) is 4. The Morgan fingerprint density at radius 2 is 2.10 bits per heavy atom. The second kappa shape index (κ2) is 6.47. The first-order valence-corrected chi connectivity index (χ1v) is 7.01. The number of anilines is 1. The van der Waals surface area contributed by atoms with E-state index >= 15 is 0 Å². The summed E-state index contributed by atoms with van der Waals surface area (Å²) in [6.45, 7) is 3.91. The SMILES string of the molecule is CC(C)n1nnnc1SCC(=O)Nc1ccc(F)cc1. The summed E-state index contributed by atoms with van der Waals surface area (Å²) in [4.78, 5) is 11.8. The standard InChI is InChI=1S/C12H14FN5OS/c1-8(2)18-12(15-16-17-18)20-7-11(19)14-10-5-3-9(13)4-6-10/h3-6,8H,7H2,1-2H3,(H,14,19). The summed E-state index contributed by atoms with van der Waals surface area (Å²) in [6, 6.07) is 5.74. The average Bonchev–Trinajstić information content (AvgIpc) is 2.88. The van der Waals surface area contributed by atoms with Crippen molar-refractivity contribution in [2.45, 2.75) is 25.0 Å². The minimum absolute atomic E-state index is 0.132. The minimum Gasteiger partial charge on any atom is -0.325 e. The molecule has 8 heteroatoms. The molecule has 0 aliphatic carbocycles. The van der Waals surface area contributed by atoms with E-state index in [4.69, 9.17) is 0 Å². The van der Waals surface area contributed by atoms with Gasteiger partial charge in [0.15, 0.2) is 0 Å². The van der Waals surface area contributed by atoms with Gasteiger partial charge < -0.3 is 5.32 Å². The van der Waals surface area contributed by atoms with Crippen LogP contribution in [0.25, 0.3) is 0 Å². The van der Waals surface area contributed by atoms with Crippen molar-refractivity contribution in [3.63, 3.8) is 0 Å². The lowest BCUT2D eigenvalue weighted by molar-refractivity contribution is -0.113. The van der Waals surface area contributed by atoms with Gasteiger partial charge in [0.05, 0.1) is 11.8 Å². The van der Waals surface area contributed by atoms with Gasteiger partial charge in [0.25, 0.3) is 0 Å². The topological polar surface area (TPSA) is 72.7 Å². The first-order chi connectivity index (χ1) is 9.56. The molecule has 0 saturated heterocycles. The van der Waals surface area contributed by atoms with E-state index in [2.05, 4.69) is 20.8 Å². The van der Waals surface area contributed by atoms with Crippen molar-refractivity contribution in [2.75, 3.05) is 11.1 Å². The third-order valence-electron chi connectivity index (χ3n) is 2.41. The molecule has 1 amide bonds. The highest BCUT2D eigenvalue weighted by molar-refractivity contribution is 7.99. The second-order valence-corrected chi connectivity index (χ2v) is 5.29. The van der Waals surface area contributed by atoms with Crippen LogP contribution in [0.5, 0.6) is 0 Å². The number of tetrazole rings is 1. The van der Waals surface area contributed by atoms with E-state index in [0.717, 1.165) is 0 Å². The van der Waals surface area contributed by atoms with Crippen molar-refractivity contribution in [3.05, 3.63) is 30.1 Å². The second-order valence-electron chi connectivity index (χ2n) is 4.34. The Kier molecular flexibility index (Phi) is 4.67. The monoisotopic (exact) mass is 295 g/mol. The number of benzene rings is 1. The van der Waals surface area contributed by atoms with Gasteiger partial charge in [-0.05, 0) is 48.5 Å². The maximum Gasteiger partial charge on any atom is 0.234 e. The van der Waals surface area contributed by atoms with Crippen LogP contribution in [0.2, 0.25) is 0 Å². The highest BCUT2D eigenvalue weighted by Crippen LogP contribution is 2.17. The number of carbonyl (C=O) groups excluding carboxylic acids is 1. The van der Waals surface area contributed by atoms with Crippen LogP contribution in [0.3, 0.4) is 0 Å². The fourth-order valence-corrected chi connectivity index (χ4v) is 2.27. The lowest BCUT2D eigenvalue weighted by Crippen LogP contribution is -2.15. The van der Waals surface area contributed by atoms with Gasteiger partial charge in [-0.3, -0.25) is 4.79 Å². The molecule has 0 radical (unpaired) electrons. The molecule has 0 bridgehead atoms. The number of nitrogens with one attached hydrogen (secondary N) is 1. The summed E-state index contributed by atoms with van der Waals surface area (Å²) in [5, 5.41) is 14.6. The molecule has 106 valence electrons. The Morgan fingerprint density at radius 1 is 1.40 bits per heavy atom. The number of thioether (sulfide) groups is 1. The summed E-state index contributed by atoms with van der Waals surface area (Å²) in [7, 11) is 0. The van der Waals surface area contributed by atoms with Crippen LogP contribution in [-0.2, 0) is 4.79 Å². The third kappa shape index (κ3) is 3.77. The molecule has 6 nitrogen and oxygen atoms in total. The van der Waals surface area contributed by atoms with E-state index in [0.29, 0.717) is 10.8 Å². The lowest BCUT2D eigenvalue weighted by Gasteiger charge is -2.07. The molecular weight excluding hydrogens is 281 g/mol. The first kappa shape index (κ1) is 14.4. The predicted molar refractivity (Wildman–Crippen MR) is 74.0 cm³/mol. The van der Waals surface area contributed by atoms with Crippen LogP contribution in [0.15, 0.2) is 29.4 Å². The van der Waals surface area contributed by atoms with Crippen molar-refractivity contribution in [3.8, 4) is 0 Å². The van der Waals surface area contributed by atoms with Crippen LogP contribution in [0.4, 0.5) is 10.1 Å². The third-order valence-corrected chi connectivity index (χ3v) is 3.35. The minimum atomic E-state index is -0.339. The van der Waals surface area contributed by atoms with E-state index in [1.807, 2.05) is 13.8 Å². The molecule has 0 atom stereocenters. The Bertz CT molecular complexity index is 584. The van der Waals surface area contributed by atoms with Crippen LogP contribution < -0.4 is 5.32 Å². The zero-order valence-corrected chi connectivity index (χ0v) is 11.9. The molecule has 1 aromatic carbocycles. The zero-order chi connectivity index (χ0) is 14.5. The number of hydrogen-bond donors (Lipinski definition) is 1. The zero-order valence-electron chi connectivity index (χ0n) is 11.1. The Balaban J connectivity index is 1.89. The first-order valence-electron chi connectivity index (χ1n) is 6.02. The van der Waals surface area contributed by atoms with E-state index in [9.17, 15) is 9.18 Å². The van der Waals surface area contributed by atoms with Crippen molar-refractivity contribution in [1.29, 1.82) is 0 Å². The van der Waals surface area contributed by atoms with E-state index < -0.39 is 0 Å². The van der Waals surface area contributed by atoms with E-state index in [-0.39, 0.29) is 23.5 Å². The van der Waals surface area contributed by atoms with Gasteiger partial charge in [-0.2, -0.15) is 0 Å². The molecule has 0 aliphatic rings. The molecule has 0 unspecified atom stereocenters. The molecule has 20 heavy (non-hydrogen) atoms. The van der Waals surface area contributed by atoms with Crippen molar-refractivity contribution >= 4 is 23.4 Å². The maximum atomic E-state index is 12.7. The number of rotatable bonds is 5. The molecule has 2 rings (SSSR count). The molecule has 1 N–H and O–H groups in total. The molecule has 1 aromatic heterocycles. The molecule has 1 heterocycles. The normalized spacial score (nSPS) is 10.8. The average molecular weight is 295 g/mol. The Morgan fingerprint density at radius 3 is 2.75 bits per heavy atom. The molecule has 0 aliphatic heterocycles. The molecular formula is C12H14FN5OS. The number of hydrogen-bond acceptors (Lipinski definition) is 5. The van der Waals surface area contributed by atoms with Gasteiger partial charge in [0, 0.05) is 5.69 Å². The van der Waals surface area contributed by atoms with Crippen molar-refractivity contribution in [1.82, 2.24) is 20.2 Å². The highest BCUT2D eigenvalue weighted by atomic mass is 32.2. The summed E-state index contributed by atoms with van der Waals surface area (Å²) in [5.41, 5.74) is 0.556. The molecule has 0 saturated carbocycles. The van der Waals surface area contributed by atoms with E-state index in [1.165, 1.54) is 36.0 Å². The molecule has 0 spiro atoms. The van der Waals surface area contributed by atoms with Crippen molar-refractivity contribution < 1.29 is 9.18 Å². The predicted octanol–water partition coefficient (Wildman–Crippen LogP) is 2.12. The maximum absolute atomic E-state index is 12.7. The number of amides is 1. The van der Waals surface area contributed by atoms with Crippen LogP contribution >= 0.6 is 11.8 Å². The number of carbonyl (C=O) groups is 1. The molecule has 2 aromatic rings. The summed E-state index contributed by atoms with van der Waals surface area (Å²) in [6.07, 6.45) is 0.